The number of azo groups is 2. The van der Waals surface area contributed by atoms with Crippen LogP contribution in [0.4, 0.5) is 83.7 Å². The van der Waals surface area contributed by atoms with Gasteiger partial charge >= 0.3 is 12.4 Å². The Morgan fingerprint density at radius 3 is 1.53 bits per heavy atom. The molecule has 5 aromatic rings. The highest BCUT2D eigenvalue weighted by Gasteiger charge is 2.33. The second kappa shape index (κ2) is 20.3. The highest BCUT2D eigenvalue weighted by molar-refractivity contribution is 7.99. The van der Waals surface area contributed by atoms with Crippen molar-refractivity contribution in [2.45, 2.75) is 50.1 Å². The predicted octanol–water partition coefficient (Wildman–Crippen LogP) is 11.3. The predicted molar refractivity (Wildman–Crippen MR) is 225 cm³/mol. The van der Waals surface area contributed by atoms with Crippen LogP contribution in [0.15, 0.2) is 109 Å². The number of benzene rings is 4. The lowest BCUT2D eigenvalue weighted by Crippen LogP contribution is -2.21. The van der Waals surface area contributed by atoms with Crippen LogP contribution in [0.1, 0.15) is 38.8 Å². The Morgan fingerprint density at radius 1 is 0.629 bits per heavy atom. The number of aliphatic hydroxyl groups excluding tert-OH is 1. The fourth-order valence-electron chi connectivity index (χ4n) is 5.82. The summed E-state index contributed by atoms with van der Waals surface area (Å²) in [5.74, 6) is 0.154. The zero-order valence-electron chi connectivity index (χ0n) is 33.6. The van der Waals surface area contributed by atoms with E-state index in [1.165, 1.54) is 18.2 Å². The molecule has 4 aromatic carbocycles. The van der Waals surface area contributed by atoms with Crippen LogP contribution in [-0.2, 0) is 22.5 Å². The van der Waals surface area contributed by atoms with Crippen LogP contribution < -0.4 is 20.4 Å². The molecule has 1 heterocycles. The summed E-state index contributed by atoms with van der Waals surface area (Å²) >= 11 is 1.10. The average Bonchev–Trinajstić information content (AvgIpc) is 3.22. The first-order valence-corrected chi connectivity index (χ1v) is 21.3. The van der Waals surface area contributed by atoms with Crippen molar-refractivity contribution in [2.75, 3.05) is 59.0 Å². The fourth-order valence-corrected chi connectivity index (χ4v) is 7.05. The molecule has 0 aliphatic rings. The summed E-state index contributed by atoms with van der Waals surface area (Å²) in [7, 11) is -5.17. The van der Waals surface area contributed by atoms with Gasteiger partial charge in [0.15, 0.2) is 5.16 Å². The molecule has 0 radical (unpaired) electrons. The summed E-state index contributed by atoms with van der Waals surface area (Å²) in [4.78, 5) is 16.6. The van der Waals surface area contributed by atoms with Gasteiger partial charge in [-0.25, -0.2) is 0 Å². The van der Waals surface area contributed by atoms with E-state index in [2.05, 4.69) is 50.9 Å². The lowest BCUT2D eigenvalue weighted by atomic mass is 10.2. The van der Waals surface area contributed by atoms with Crippen LogP contribution in [-0.4, -0.2) is 71.6 Å². The maximum atomic E-state index is 13.4. The van der Waals surface area contributed by atoms with Gasteiger partial charge in [0.2, 0.25) is 11.9 Å². The molecule has 0 saturated carbocycles. The van der Waals surface area contributed by atoms with Crippen molar-refractivity contribution in [3.63, 3.8) is 0 Å². The third kappa shape index (κ3) is 12.4. The zero-order chi connectivity index (χ0) is 45.2. The molecular weight excluding hydrogens is 865 g/mol. The van der Waals surface area contributed by atoms with Gasteiger partial charge in [-0.3, -0.25) is 4.55 Å². The van der Waals surface area contributed by atoms with Gasteiger partial charge in [0, 0.05) is 43.3 Å². The number of aliphatic hydroxyl groups is 1. The maximum Gasteiger partial charge on any atom is 0.416 e. The minimum absolute atomic E-state index is 0.00348. The smallest absolute Gasteiger partial charge is 0.396 e. The molecule has 0 aliphatic heterocycles. The van der Waals surface area contributed by atoms with E-state index in [9.17, 15) is 44.4 Å². The van der Waals surface area contributed by atoms with Crippen molar-refractivity contribution in [3.05, 3.63) is 90.0 Å². The van der Waals surface area contributed by atoms with E-state index >= 15 is 0 Å². The second-order valence-electron chi connectivity index (χ2n) is 12.9. The standard InChI is InChI=1S/C39H41F6N11O4S2/c1-5-55(6-2)27-14-17-29(52-51-26-12-9-24(10-13-26)38(40,41)42)32(22-27)46-35-48-36(50-37(49-35)61-20-19-57)47-33-23-28(56(7-3)8-4)15-18-30(33)53-54-31-16-11-25(39(43,44)45)21-34(31)62(58,59)60/h9-18,21-23,57H,5-8,19-20H2,1-4H3,(H,58,59,60)(H2,46,47,48,49,50). The third-order valence-electron chi connectivity index (χ3n) is 8.95. The molecule has 1 aromatic heterocycles. The molecule has 0 saturated heterocycles. The number of hydrogen-bond donors (Lipinski definition) is 4. The lowest BCUT2D eigenvalue weighted by Gasteiger charge is -2.22. The molecule has 0 bridgehead atoms. The molecule has 0 amide bonds. The molecule has 15 nitrogen and oxygen atoms in total. The number of hydrogen-bond acceptors (Lipinski definition) is 15. The number of nitrogens with one attached hydrogen (secondary N) is 2. The molecule has 0 spiro atoms. The molecule has 4 N–H and O–H groups in total. The van der Waals surface area contributed by atoms with Gasteiger partial charge in [-0.1, -0.05) is 11.8 Å². The first-order chi connectivity index (χ1) is 29.4. The van der Waals surface area contributed by atoms with Crippen molar-refractivity contribution in [3.8, 4) is 0 Å². The Morgan fingerprint density at radius 2 is 1.08 bits per heavy atom. The molecule has 0 atom stereocenters. The van der Waals surface area contributed by atoms with Crippen LogP contribution >= 0.6 is 11.8 Å². The van der Waals surface area contributed by atoms with Gasteiger partial charge in [0.05, 0.1) is 34.8 Å². The summed E-state index contributed by atoms with van der Waals surface area (Å²) in [5, 5.41) is 32.5. The molecule has 23 heteroatoms. The van der Waals surface area contributed by atoms with E-state index in [1.807, 2.05) is 38.7 Å². The first-order valence-electron chi connectivity index (χ1n) is 18.9. The highest BCUT2D eigenvalue weighted by Crippen LogP contribution is 2.39. The number of nitrogens with zero attached hydrogens (tertiary/aromatic N) is 9. The van der Waals surface area contributed by atoms with Crippen molar-refractivity contribution < 1.29 is 44.4 Å². The molecule has 0 aliphatic carbocycles. The summed E-state index contributed by atoms with van der Waals surface area (Å²) in [6, 6.07) is 16.0. The first kappa shape index (κ1) is 47.1. The van der Waals surface area contributed by atoms with Crippen molar-refractivity contribution in [1.82, 2.24) is 15.0 Å². The number of halogens is 6. The summed E-state index contributed by atoms with van der Waals surface area (Å²) in [6.07, 6.45) is -9.43. The van der Waals surface area contributed by atoms with E-state index in [1.54, 1.807) is 24.3 Å². The molecule has 62 heavy (non-hydrogen) atoms. The Bertz CT molecular complexity index is 2500. The summed E-state index contributed by atoms with van der Waals surface area (Å²) in [5.41, 5.74) is -0.111. The topological polar surface area (TPSA) is 193 Å². The van der Waals surface area contributed by atoms with Crippen LogP contribution in [0.2, 0.25) is 0 Å². The lowest BCUT2D eigenvalue weighted by molar-refractivity contribution is -0.138. The summed E-state index contributed by atoms with van der Waals surface area (Å²) in [6.45, 7) is 10.1. The van der Waals surface area contributed by atoms with Crippen LogP contribution in [0.3, 0.4) is 0 Å². The van der Waals surface area contributed by atoms with Crippen LogP contribution in [0, 0.1) is 0 Å². The minimum atomic E-state index is -5.17. The second-order valence-corrected chi connectivity index (χ2v) is 15.4. The van der Waals surface area contributed by atoms with Gasteiger partial charge in [0.1, 0.15) is 22.0 Å². The van der Waals surface area contributed by atoms with Gasteiger partial charge in [-0.05, 0) is 107 Å². The third-order valence-corrected chi connectivity index (χ3v) is 10.7. The van der Waals surface area contributed by atoms with Gasteiger partial charge in [-0.15, -0.1) is 15.3 Å². The highest BCUT2D eigenvalue weighted by atomic mass is 32.2. The van der Waals surface area contributed by atoms with Gasteiger partial charge in [-0.2, -0.15) is 54.8 Å². The minimum Gasteiger partial charge on any atom is -0.396 e. The van der Waals surface area contributed by atoms with Gasteiger partial charge < -0.3 is 25.5 Å². The van der Waals surface area contributed by atoms with Crippen LogP contribution in [0.5, 0.6) is 0 Å². The Balaban J connectivity index is 1.59. The largest absolute Gasteiger partial charge is 0.416 e. The number of aromatic nitrogens is 3. The van der Waals surface area contributed by atoms with Crippen molar-refractivity contribution in [1.29, 1.82) is 0 Å². The SMILES string of the molecule is CCN(CC)c1ccc(N=Nc2ccc(C(F)(F)F)cc2)c(Nc2nc(Nc3cc(N(CC)CC)ccc3N=Nc3ccc(C(F)(F)F)cc3S(=O)(=O)O)nc(SCCO)n2)c1. The van der Waals surface area contributed by atoms with Crippen molar-refractivity contribution >= 4 is 79.3 Å². The van der Waals surface area contributed by atoms with Crippen molar-refractivity contribution in [2.24, 2.45) is 20.5 Å². The normalized spacial score (nSPS) is 12.3. The number of anilines is 6. The van der Waals surface area contributed by atoms with E-state index in [4.69, 9.17) is 0 Å². The Labute approximate surface area is 357 Å². The van der Waals surface area contributed by atoms with E-state index in [0.29, 0.717) is 43.6 Å². The zero-order valence-corrected chi connectivity index (χ0v) is 35.2. The monoisotopic (exact) mass is 905 g/mol. The quantitative estimate of drug-likeness (QED) is 0.0282. The molecular formula is C39H41F6N11O4S2. The number of rotatable bonds is 18. The van der Waals surface area contributed by atoms with Gasteiger partial charge in [0.25, 0.3) is 10.1 Å². The van der Waals surface area contributed by atoms with Crippen LogP contribution in [0.25, 0.3) is 0 Å². The molecule has 5 rings (SSSR count). The Hall–Kier alpha value is -5.91. The Kier molecular flexibility index (Phi) is 15.4. The molecule has 0 unspecified atom stereocenters. The number of alkyl halides is 6. The van der Waals surface area contributed by atoms with E-state index < -0.39 is 44.2 Å². The fraction of sp³-hybridized carbons (Fsp3) is 0.308. The average molecular weight is 906 g/mol. The van der Waals surface area contributed by atoms with E-state index in [-0.39, 0.29) is 58.2 Å². The summed E-state index contributed by atoms with van der Waals surface area (Å²) < 4.78 is 114. The number of thioether (sulfide) groups is 1. The molecule has 330 valence electrons. The maximum absolute atomic E-state index is 13.4. The van der Waals surface area contributed by atoms with E-state index in [0.717, 1.165) is 35.6 Å². The molecule has 0 fully saturated rings.